The molecular weight excluding hydrogens is 242 g/mol. The van der Waals surface area contributed by atoms with Gasteiger partial charge in [-0.05, 0) is 18.8 Å². The van der Waals surface area contributed by atoms with Crippen LogP contribution in [0.15, 0.2) is 0 Å². The van der Waals surface area contributed by atoms with Gasteiger partial charge < -0.3 is 9.64 Å². The van der Waals surface area contributed by atoms with Crippen molar-refractivity contribution in [3.8, 4) is 0 Å². The summed E-state index contributed by atoms with van der Waals surface area (Å²) in [5.74, 6) is 0.344. The van der Waals surface area contributed by atoms with E-state index in [2.05, 4.69) is 0 Å². The molecule has 0 spiro atoms. The fourth-order valence-electron chi connectivity index (χ4n) is 3.39. The van der Waals surface area contributed by atoms with Crippen molar-refractivity contribution in [2.45, 2.75) is 45.4 Å². The van der Waals surface area contributed by atoms with Crippen LogP contribution in [0.25, 0.3) is 0 Å². The highest BCUT2D eigenvalue weighted by Crippen LogP contribution is 2.29. The smallest absolute Gasteiger partial charge is 0.310 e. The molecule has 0 aromatic heterocycles. The summed E-state index contributed by atoms with van der Waals surface area (Å²) in [7, 11) is 1.42. The van der Waals surface area contributed by atoms with Gasteiger partial charge in [-0.25, -0.2) is 0 Å². The normalized spacial score (nSPS) is 29.1. The molecule has 0 bridgehead atoms. The highest BCUT2D eigenvalue weighted by atomic mass is 16.5. The van der Waals surface area contributed by atoms with Gasteiger partial charge in [0.05, 0.1) is 13.0 Å². The number of hydrogen-bond acceptors (Lipinski definition) is 3. The molecule has 0 aromatic carbocycles. The number of hydrogen-bond donors (Lipinski definition) is 0. The molecule has 0 N–H and O–H groups in total. The van der Waals surface area contributed by atoms with Crippen LogP contribution in [0.5, 0.6) is 0 Å². The summed E-state index contributed by atoms with van der Waals surface area (Å²) in [4.78, 5) is 26.1. The average molecular weight is 267 g/mol. The fourth-order valence-corrected chi connectivity index (χ4v) is 3.39. The number of rotatable bonds is 2. The molecule has 19 heavy (non-hydrogen) atoms. The molecule has 108 valence electrons. The number of likely N-dealkylation sites (tertiary alicyclic amines) is 1. The summed E-state index contributed by atoms with van der Waals surface area (Å²) < 4.78 is 4.82. The second-order valence-electron chi connectivity index (χ2n) is 6.04. The molecular formula is C15H25NO3. The fraction of sp³-hybridized carbons (Fsp3) is 0.867. The van der Waals surface area contributed by atoms with Crippen molar-refractivity contribution in [2.24, 2.45) is 17.8 Å². The SMILES string of the molecule is COC(=O)C1CN(C(=O)C2CCCCCC2)CC1C. The van der Waals surface area contributed by atoms with Gasteiger partial charge >= 0.3 is 5.97 Å². The molecule has 2 aliphatic rings. The molecule has 1 aliphatic carbocycles. The Balaban J connectivity index is 1.95. The Kier molecular flexibility index (Phi) is 4.83. The number of amides is 1. The van der Waals surface area contributed by atoms with Crippen molar-refractivity contribution in [2.75, 3.05) is 20.2 Å². The maximum atomic E-state index is 12.5. The number of carbonyl (C=O) groups is 2. The Hall–Kier alpha value is -1.06. The molecule has 1 saturated heterocycles. The molecule has 4 heteroatoms. The zero-order valence-corrected chi connectivity index (χ0v) is 12.1. The summed E-state index contributed by atoms with van der Waals surface area (Å²) >= 11 is 0. The molecule has 0 radical (unpaired) electrons. The first-order valence-corrected chi connectivity index (χ1v) is 7.50. The van der Waals surface area contributed by atoms with Gasteiger partial charge in [0.2, 0.25) is 5.91 Å². The number of esters is 1. The van der Waals surface area contributed by atoms with E-state index < -0.39 is 0 Å². The summed E-state index contributed by atoms with van der Waals surface area (Å²) in [5, 5.41) is 0. The number of ether oxygens (including phenoxy) is 1. The molecule has 2 unspecified atom stereocenters. The lowest BCUT2D eigenvalue weighted by Crippen LogP contribution is -2.35. The second-order valence-corrected chi connectivity index (χ2v) is 6.04. The van der Waals surface area contributed by atoms with Crippen molar-refractivity contribution < 1.29 is 14.3 Å². The highest BCUT2D eigenvalue weighted by Gasteiger charge is 2.39. The van der Waals surface area contributed by atoms with Crippen LogP contribution in [0.2, 0.25) is 0 Å². The van der Waals surface area contributed by atoms with Crippen LogP contribution in [0, 0.1) is 17.8 Å². The van der Waals surface area contributed by atoms with Crippen molar-refractivity contribution in [3.05, 3.63) is 0 Å². The van der Waals surface area contributed by atoms with Crippen molar-refractivity contribution >= 4 is 11.9 Å². The largest absolute Gasteiger partial charge is 0.469 e. The van der Waals surface area contributed by atoms with Crippen molar-refractivity contribution in [3.63, 3.8) is 0 Å². The van der Waals surface area contributed by atoms with Crippen LogP contribution < -0.4 is 0 Å². The molecule has 1 saturated carbocycles. The van der Waals surface area contributed by atoms with Crippen molar-refractivity contribution in [1.29, 1.82) is 0 Å². The summed E-state index contributed by atoms with van der Waals surface area (Å²) in [6.45, 7) is 3.28. The second kappa shape index (κ2) is 6.40. The first-order valence-electron chi connectivity index (χ1n) is 7.50. The van der Waals surface area contributed by atoms with Crippen LogP contribution in [0.4, 0.5) is 0 Å². The first-order chi connectivity index (χ1) is 9.13. The van der Waals surface area contributed by atoms with Crippen molar-refractivity contribution in [1.82, 2.24) is 4.90 Å². The van der Waals surface area contributed by atoms with Gasteiger partial charge in [0, 0.05) is 19.0 Å². The van der Waals surface area contributed by atoms with E-state index in [9.17, 15) is 9.59 Å². The van der Waals surface area contributed by atoms with E-state index in [1.807, 2.05) is 11.8 Å². The quantitative estimate of drug-likeness (QED) is 0.569. The maximum absolute atomic E-state index is 12.5. The Morgan fingerprint density at radius 3 is 2.26 bits per heavy atom. The molecule has 1 aliphatic heterocycles. The Bertz CT molecular complexity index is 334. The molecule has 4 nitrogen and oxygen atoms in total. The third kappa shape index (κ3) is 3.28. The molecule has 1 heterocycles. The summed E-state index contributed by atoms with van der Waals surface area (Å²) in [5.41, 5.74) is 0. The van der Waals surface area contributed by atoms with Crippen LogP contribution in [-0.2, 0) is 14.3 Å². The molecule has 1 amide bonds. The van der Waals surface area contributed by atoms with E-state index >= 15 is 0 Å². The van der Waals surface area contributed by atoms with Gasteiger partial charge in [-0.15, -0.1) is 0 Å². The molecule has 2 fully saturated rings. The zero-order valence-electron chi connectivity index (χ0n) is 12.1. The van der Waals surface area contributed by atoms with E-state index in [1.165, 1.54) is 32.8 Å². The van der Waals surface area contributed by atoms with E-state index in [0.717, 1.165) is 12.8 Å². The van der Waals surface area contributed by atoms with Crippen LogP contribution in [0.1, 0.15) is 45.4 Å². The first kappa shape index (κ1) is 14.4. The predicted octanol–water partition coefficient (Wildman–Crippen LogP) is 2.22. The van der Waals surface area contributed by atoms with Crippen LogP contribution >= 0.6 is 0 Å². The highest BCUT2D eigenvalue weighted by molar-refractivity contribution is 5.81. The molecule has 2 rings (SSSR count). The Morgan fingerprint density at radius 2 is 1.68 bits per heavy atom. The third-order valence-electron chi connectivity index (χ3n) is 4.63. The van der Waals surface area contributed by atoms with Gasteiger partial charge in [-0.3, -0.25) is 9.59 Å². The molecule has 2 atom stereocenters. The minimum atomic E-state index is -0.177. The zero-order chi connectivity index (χ0) is 13.8. The Labute approximate surface area is 115 Å². The van der Waals surface area contributed by atoms with Gasteiger partial charge in [0.15, 0.2) is 0 Å². The van der Waals surface area contributed by atoms with E-state index in [0.29, 0.717) is 13.1 Å². The van der Waals surface area contributed by atoms with Crippen LogP contribution in [0.3, 0.4) is 0 Å². The lowest BCUT2D eigenvalue weighted by Gasteiger charge is -2.22. The van der Waals surface area contributed by atoms with E-state index in [4.69, 9.17) is 4.74 Å². The summed E-state index contributed by atoms with van der Waals surface area (Å²) in [6.07, 6.45) is 6.88. The number of carbonyl (C=O) groups excluding carboxylic acids is 2. The van der Waals surface area contributed by atoms with Gasteiger partial charge in [-0.1, -0.05) is 32.6 Å². The number of methoxy groups -OCH3 is 1. The van der Waals surface area contributed by atoms with Gasteiger partial charge in [-0.2, -0.15) is 0 Å². The standard InChI is InChI=1S/C15H25NO3/c1-11-9-16(10-13(11)15(18)19-2)14(17)12-7-5-3-4-6-8-12/h11-13H,3-10H2,1-2H3. The minimum Gasteiger partial charge on any atom is -0.469 e. The lowest BCUT2D eigenvalue weighted by molar-refractivity contribution is -0.146. The summed E-state index contributed by atoms with van der Waals surface area (Å²) in [6, 6.07) is 0. The maximum Gasteiger partial charge on any atom is 0.310 e. The van der Waals surface area contributed by atoms with Gasteiger partial charge in [0.1, 0.15) is 0 Å². The Morgan fingerprint density at radius 1 is 1.05 bits per heavy atom. The average Bonchev–Trinajstić information content (AvgIpc) is 2.65. The molecule has 0 aromatic rings. The van der Waals surface area contributed by atoms with Gasteiger partial charge in [0.25, 0.3) is 0 Å². The predicted molar refractivity (Wildman–Crippen MR) is 72.4 cm³/mol. The monoisotopic (exact) mass is 267 g/mol. The topological polar surface area (TPSA) is 46.6 Å². The third-order valence-corrected chi connectivity index (χ3v) is 4.63. The van der Waals surface area contributed by atoms with E-state index in [-0.39, 0.29) is 29.6 Å². The van der Waals surface area contributed by atoms with E-state index in [1.54, 1.807) is 0 Å². The van der Waals surface area contributed by atoms with Crippen LogP contribution in [-0.4, -0.2) is 37.0 Å². The number of nitrogens with zero attached hydrogens (tertiary/aromatic N) is 1. The lowest BCUT2D eigenvalue weighted by atomic mass is 9.99. The minimum absolute atomic E-state index is 0.139.